The van der Waals surface area contributed by atoms with Crippen molar-refractivity contribution < 1.29 is 13.6 Å². The Balaban J connectivity index is 1.93. The van der Waals surface area contributed by atoms with Crippen molar-refractivity contribution in [2.45, 2.75) is 32.7 Å². The van der Waals surface area contributed by atoms with Gasteiger partial charge in [-0.25, -0.2) is 8.78 Å². The maximum Gasteiger partial charge on any atom is 0.164 e. The molecular weight excluding hydrogens is 334 g/mol. The number of hydrogen-bond donors (Lipinski definition) is 2. The molecule has 0 amide bonds. The molecule has 0 saturated carbocycles. The molecule has 0 aromatic heterocycles. The van der Waals surface area contributed by atoms with Crippen molar-refractivity contribution in [3.8, 4) is 0 Å². The summed E-state index contributed by atoms with van der Waals surface area (Å²) in [6, 6.07) is 10.9. The topological polar surface area (TPSA) is 41.1 Å². The fourth-order valence-corrected chi connectivity index (χ4v) is 3.87. The van der Waals surface area contributed by atoms with Crippen molar-refractivity contribution in [1.82, 2.24) is 0 Å². The van der Waals surface area contributed by atoms with Gasteiger partial charge in [0.05, 0.1) is 17.4 Å². The Bertz CT molecular complexity index is 933. The highest BCUT2D eigenvalue weighted by atomic mass is 19.2. The van der Waals surface area contributed by atoms with E-state index in [4.69, 9.17) is 0 Å². The summed E-state index contributed by atoms with van der Waals surface area (Å²) in [6.07, 6.45) is 1.04. The van der Waals surface area contributed by atoms with E-state index >= 15 is 0 Å². The molecule has 0 spiro atoms. The van der Waals surface area contributed by atoms with Crippen LogP contribution in [0.5, 0.6) is 0 Å². The van der Waals surface area contributed by atoms with E-state index in [0.29, 0.717) is 18.4 Å². The second-order valence-corrected chi connectivity index (χ2v) is 7.72. The predicted octanol–water partition coefficient (Wildman–Crippen LogP) is 5.19. The summed E-state index contributed by atoms with van der Waals surface area (Å²) in [5, 5.41) is 6.61. The van der Waals surface area contributed by atoms with Gasteiger partial charge in [-0.15, -0.1) is 0 Å². The van der Waals surface area contributed by atoms with Crippen LogP contribution in [0.25, 0.3) is 0 Å². The van der Waals surface area contributed by atoms with Gasteiger partial charge < -0.3 is 10.6 Å². The van der Waals surface area contributed by atoms with Crippen LogP contribution in [-0.4, -0.2) is 5.78 Å². The maximum absolute atomic E-state index is 14.6. The molecule has 0 bridgehead atoms. The Morgan fingerprint density at radius 2 is 1.73 bits per heavy atom. The molecular formula is C21H20F2N2O. The van der Waals surface area contributed by atoms with Gasteiger partial charge in [0, 0.05) is 23.3 Å². The third-order valence-electron chi connectivity index (χ3n) is 5.01. The highest BCUT2D eigenvalue weighted by Gasteiger charge is 2.39. The first-order chi connectivity index (χ1) is 12.4. The van der Waals surface area contributed by atoms with E-state index in [2.05, 4.69) is 10.6 Å². The SMILES string of the molecule is CC1(C)CC(=O)C2=C(C1)Nc1ccccc1NC2c1cccc(F)c1F. The average molecular weight is 354 g/mol. The van der Waals surface area contributed by atoms with Gasteiger partial charge in [0.25, 0.3) is 0 Å². The van der Waals surface area contributed by atoms with E-state index in [1.165, 1.54) is 12.1 Å². The van der Waals surface area contributed by atoms with Gasteiger partial charge in [0.15, 0.2) is 17.4 Å². The van der Waals surface area contributed by atoms with Crippen molar-refractivity contribution in [2.24, 2.45) is 5.41 Å². The van der Waals surface area contributed by atoms with Crippen molar-refractivity contribution in [3.05, 3.63) is 70.9 Å². The van der Waals surface area contributed by atoms with E-state index in [-0.39, 0.29) is 16.8 Å². The molecule has 2 aromatic rings. The van der Waals surface area contributed by atoms with Crippen LogP contribution in [-0.2, 0) is 4.79 Å². The predicted molar refractivity (Wildman–Crippen MR) is 97.8 cm³/mol. The zero-order valence-electron chi connectivity index (χ0n) is 14.7. The number of para-hydroxylation sites is 2. The first-order valence-corrected chi connectivity index (χ1v) is 8.68. The second-order valence-electron chi connectivity index (χ2n) is 7.72. The number of nitrogens with one attached hydrogen (secondary N) is 2. The lowest BCUT2D eigenvalue weighted by Gasteiger charge is -2.34. The van der Waals surface area contributed by atoms with Crippen LogP contribution in [0.2, 0.25) is 0 Å². The van der Waals surface area contributed by atoms with Crippen LogP contribution >= 0.6 is 0 Å². The summed E-state index contributed by atoms with van der Waals surface area (Å²) in [5.74, 6) is -1.88. The molecule has 0 fully saturated rings. The Labute approximate surface area is 151 Å². The highest BCUT2D eigenvalue weighted by Crippen LogP contribution is 2.45. The zero-order valence-corrected chi connectivity index (χ0v) is 14.7. The molecule has 2 aliphatic rings. The quantitative estimate of drug-likeness (QED) is 0.741. The number of allylic oxidation sites excluding steroid dienone is 1. The number of anilines is 2. The molecule has 26 heavy (non-hydrogen) atoms. The molecule has 1 unspecified atom stereocenters. The molecule has 1 aliphatic heterocycles. The van der Waals surface area contributed by atoms with Crippen LogP contribution < -0.4 is 10.6 Å². The Morgan fingerprint density at radius 3 is 2.50 bits per heavy atom. The lowest BCUT2D eigenvalue weighted by Crippen LogP contribution is -2.31. The number of carbonyl (C=O) groups excluding carboxylic acids is 1. The third kappa shape index (κ3) is 2.77. The molecule has 3 nitrogen and oxygen atoms in total. The van der Waals surface area contributed by atoms with E-state index in [0.717, 1.165) is 23.1 Å². The summed E-state index contributed by atoms with van der Waals surface area (Å²) in [5.41, 5.74) is 2.80. The first kappa shape index (κ1) is 16.8. The lowest BCUT2D eigenvalue weighted by molar-refractivity contribution is -0.118. The van der Waals surface area contributed by atoms with Crippen molar-refractivity contribution >= 4 is 17.2 Å². The van der Waals surface area contributed by atoms with E-state index in [9.17, 15) is 13.6 Å². The minimum atomic E-state index is -0.922. The summed E-state index contributed by atoms with van der Waals surface area (Å²) < 4.78 is 28.4. The van der Waals surface area contributed by atoms with Crippen LogP contribution in [0.3, 0.4) is 0 Å². The molecule has 1 aliphatic carbocycles. The largest absolute Gasteiger partial charge is 0.372 e. The second kappa shape index (κ2) is 5.94. The monoisotopic (exact) mass is 354 g/mol. The van der Waals surface area contributed by atoms with Crippen LogP contribution in [0.1, 0.15) is 38.3 Å². The van der Waals surface area contributed by atoms with Crippen molar-refractivity contribution in [1.29, 1.82) is 0 Å². The number of benzene rings is 2. The number of carbonyl (C=O) groups is 1. The number of rotatable bonds is 1. The molecule has 1 atom stereocenters. The molecule has 2 aromatic carbocycles. The smallest absolute Gasteiger partial charge is 0.164 e. The van der Waals surface area contributed by atoms with Gasteiger partial charge >= 0.3 is 0 Å². The van der Waals surface area contributed by atoms with Crippen molar-refractivity contribution in [3.63, 3.8) is 0 Å². The summed E-state index contributed by atoms with van der Waals surface area (Å²) >= 11 is 0. The van der Waals surface area contributed by atoms with Gasteiger partial charge in [-0.1, -0.05) is 38.1 Å². The highest BCUT2D eigenvalue weighted by molar-refractivity contribution is 6.01. The zero-order chi connectivity index (χ0) is 18.5. The Kier molecular flexibility index (Phi) is 3.83. The van der Waals surface area contributed by atoms with E-state index in [1.807, 2.05) is 38.1 Å². The minimum Gasteiger partial charge on any atom is -0.372 e. The number of halogens is 2. The average Bonchev–Trinajstić information content (AvgIpc) is 2.72. The molecule has 0 radical (unpaired) electrons. The molecule has 0 saturated heterocycles. The van der Waals surface area contributed by atoms with E-state index in [1.54, 1.807) is 0 Å². The molecule has 1 heterocycles. The summed E-state index contributed by atoms with van der Waals surface area (Å²) in [7, 11) is 0. The fraction of sp³-hybridized carbons (Fsp3) is 0.286. The molecule has 4 rings (SSSR count). The summed E-state index contributed by atoms with van der Waals surface area (Å²) in [4.78, 5) is 13.0. The number of fused-ring (bicyclic) bond motifs is 1. The number of Topliss-reactive ketones (excluding diaryl/α,β-unsaturated/α-hetero) is 1. The van der Waals surface area contributed by atoms with Gasteiger partial charge in [-0.3, -0.25) is 4.79 Å². The van der Waals surface area contributed by atoms with Crippen LogP contribution in [0.4, 0.5) is 20.2 Å². The van der Waals surface area contributed by atoms with Gasteiger partial charge in [0.2, 0.25) is 0 Å². The first-order valence-electron chi connectivity index (χ1n) is 8.68. The van der Waals surface area contributed by atoms with Gasteiger partial charge in [0.1, 0.15) is 0 Å². The molecule has 134 valence electrons. The maximum atomic E-state index is 14.6. The number of ketones is 1. The Morgan fingerprint density at radius 1 is 1.00 bits per heavy atom. The Hall–Kier alpha value is -2.69. The fourth-order valence-electron chi connectivity index (χ4n) is 3.87. The van der Waals surface area contributed by atoms with Gasteiger partial charge in [-0.05, 0) is 30.0 Å². The third-order valence-corrected chi connectivity index (χ3v) is 5.01. The molecule has 2 N–H and O–H groups in total. The van der Waals surface area contributed by atoms with Crippen LogP contribution in [0, 0.1) is 17.0 Å². The van der Waals surface area contributed by atoms with Crippen molar-refractivity contribution in [2.75, 3.05) is 10.6 Å². The number of hydrogen-bond acceptors (Lipinski definition) is 3. The lowest BCUT2D eigenvalue weighted by atomic mass is 9.73. The standard InChI is InChI=1S/C21H20F2N2O/c1-21(2)10-16-18(17(26)11-21)20(12-6-5-7-13(22)19(12)23)25-15-9-4-3-8-14(15)24-16/h3-9,20,24-25H,10-11H2,1-2H3. The van der Waals surface area contributed by atoms with Crippen LogP contribution in [0.15, 0.2) is 53.7 Å². The normalized spacial score (nSPS) is 21.2. The van der Waals surface area contributed by atoms with E-state index < -0.39 is 17.7 Å². The minimum absolute atomic E-state index is 0.0438. The summed E-state index contributed by atoms with van der Waals surface area (Å²) in [6.45, 7) is 4.08. The van der Waals surface area contributed by atoms with Gasteiger partial charge in [-0.2, -0.15) is 0 Å². The molecule has 5 heteroatoms.